The number of likely N-dealkylation sites (N-methyl/N-ethyl adjacent to an activating group) is 1. The number of hydrogen-bond acceptors (Lipinski definition) is 3. The van der Waals surface area contributed by atoms with Gasteiger partial charge < -0.3 is 20.1 Å². The molecule has 0 aliphatic rings. The van der Waals surface area contributed by atoms with Gasteiger partial charge in [-0.05, 0) is 42.5 Å². The molecule has 1 atom stereocenters. The Bertz CT molecular complexity index is 806. The van der Waals surface area contributed by atoms with Gasteiger partial charge in [-0.25, -0.2) is 4.79 Å². The lowest BCUT2D eigenvalue weighted by atomic mass is 9.97. The second kappa shape index (κ2) is 12.3. The average molecular weight is 411 g/mol. The highest BCUT2D eigenvalue weighted by Gasteiger charge is 2.24. The van der Waals surface area contributed by atoms with Crippen molar-refractivity contribution in [3.8, 4) is 5.75 Å². The first kappa shape index (κ1) is 23.0. The maximum Gasteiger partial charge on any atom is 0.404 e. The average Bonchev–Trinajstić information content (AvgIpc) is 2.76. The van der Waals surface area contributed by atoms with Crippen molar-refractivity contribution < 1.29 is 19.4 Å². The topological polar surface area (TPSA) is 78.9 Å². The van der Waals surface area contributed by atoms with Crippen LogP contribution in [-0.2, 0) is 11.4 Å². The van der Waals surface area contributed by atoms with Crippen LogP contribution < -0.4 is 10.1 Å². The van der Waals surface area contributed by atoms with Crippen LogP contribution in [0.15, 0.2) is 67.3 Å². The Labute approximate surface area is 178 Å². The summed E-state index contributed by atoms with van der Waals surface area (Å²) < 4.78 is 5.80. The molecule has 30 heavy (non-hydrogen) atoms. The molecular weight excluding hydrogens is 380 g/mol. The van der Waals surface area contributed by atoms with Crippen molar-refractivity contribution >= 4 is 12.0 Å². The van der Waals surface area contributed by atoms with Gasteiger partial charge in [0.05, 0.1) is 5.92 Å². The van der Waals surface area contributed by atoms with Gasteiger partial charge in [0.25, 0.3) is 0 Å². The number of amides is 2. The summed E-state index contributed by atoms with van der Waals surface area (Å²) in [5.41, 5.74) is 1.82. The lowest BCUT2D eigenvalue weighted by Crippen LogP contribution is -2.38. The quantitative estimate of drug-likeness (QED) is 0.401. The number of rotatable bonds is 12. The molecule has 160 valence electrons. The molecule has 0 radical (unpaired) electrons. The lowest BCUT2D eigenvalue weighted by Gasteiger charge is -2.24. The van der Waals surface area contributed by atoms with Crippen molar-refractivity contribution in [3.63, 3.8) is 0 Å². The van der Waals surface area contributed by atoms with E-state index < -0.39 is 12.0 Å². The fourth-order valence-corrected chi connectivity index (χ4v) is 3.09. The van der Waals surface area contributed by atoms with Gasteiger partial charge >= 0.3 is 6.09 Å². The predicted octanol–water partition coefficient (Wildman–Crippen LogP) is 4.43. The van der Waals surface area contributed by atoms with Crippen LogP contribution in [-0.4, -0.2) is 42.1 Å². The summed E-state index contributed by atoms with van der Waals surface area (Å²) in [7, 11) is 1.75. The molecule has 6 heteroatoms. The van der Waals surface area contributed by atoms with E-state index in [0.717, 1.165) is 30.4 Å². The van der Waals surface area contributed by atoms with Crippen molar-refractivity contribution in [1.82, 2.24) is 10.2 Å². The molecule has 6 nitrogen and oxygen atoms in total. The number of benzene rings is 2. The highest BCUT2D eigenvalue weighted by molar-refractivity contribution is 5.84. The number of nitrogens with one attached hydrogen (secondary N) is 1. The van der Waals surface area contributed by atoms with Gasteiger partial charge in [-0.2, -0.15) is 0 Å². The number of carbonyl (C=O) groups excluding carboxylic acids is 1. The molecule has 1 unspecified atom stereocenters. The standard InChI is InChI=1S/C24H30N2O4/c1-3-4-5-9-16-26(2)23(27)22(17-25-24(28)29)20-12-14-21(15-13-20)30-18-19-10-7-6-8-11-19/h3,6-8,10-15,22,25H,1,4-5,9,16-18H2,2H3,(H,28,29). The number of allylic oxidation sites excluding steroid dienone is 1. The number of hydrogen-bond donors (Lipinski definition) is 2. The Kier molecular flexibility index (Phi) is 9.45. The molecule has 2 rings (SSSR count). The minimum Gasteiger partial charge on any atom is -0.489 e. The molecule has 2 N–H and O–H groups in total. The predicted molar refractivity (Wildman–Crippen MR) is 118 cm³/mol. The zero-order valence-electron chi connectivity index (χ0n) is 17.4. The van der Waals surface area contributed by atoms with E-state index in [-0.39, 0.29) is 12.5 Å². The van der Waals surface area contributed by atoms with Gasteiger partial charge in [0.1, 0.15) is 12.4 Å². The first-order valence-electron chi connectivity index (χ1n) is 10.1. The summed E-state index contributed by atoms with van der Waals surface area (Å²) in [6.45, 7) is 4.80. The summed E-state index contributed by atoms with van der Waals surface area (Å²) in [4.78, 5) is 25.6. The van der Waals surface area contributed by atoms with Crippen LogP contribution in [0.2, 0.25) is 0 Å². The molecule has 0 saturated carbocycles. The highest BCUT2D eigenvalue weighted by Crippen LogP contribution is 2.22. The van der Waals surface area contributed by atoms with Crippen LogP contribution in [0.3, 0.4) is 0 Å². The van der Waals surface area contributed by atoms with Crippen LogP contribution in [0.1, 0.15) is 36.3 Å². The minimum atomic E-state index is -1.15. The summed E-state index contributed by atoms with van der Waals surface area (Å²) in [5.74, 6) is -0.00763. The van der Waals surface area contributed by atoms with Gasteiger partial charge in [-0.15, -0.1) is 6.58 Å². The Morgan fingerprint density at radius 3 is 2.47 bits per heavy atom. The Morgan fingerprint density at radius 2 is 1.83 bits per heavy atom. The fraction of sp³-hybridized carbons (Fsp3) is 0.333. The van der Waals surface area contributed by atoms with E-state index in [1.54, 1.807) is 11.9 Å². The smallest absolute Gasteiger partial charge is 0.404 e. The van der Waals surface area contributed by atoms with Crippen LogP contribution in [0, 0.1) is 0 Å². The molecule has 2 aromatic carbocycles. The van der Waals surface area contributed by atoms with Gasteiger partial charge in [-0.1, -0.05) is 48.5 Å². The van der Waals surface area contributed by atoms with Crippen LogP contribution in [0.25, 0.3) is 0 Å². The van der Waals surface area contributed by atoms with Crippen LogP contribution >= 0.6 is 0 Å². The minimum absolute atomic E-state index is 0.0232. The Balaban J connectivity index is 2.02. The van der Waals surface area contributed by atoms with E-state index >= 15 is 0 Å². The molecule has 0 heterocycles. The van der Waals surface area contributed by atoms with Crippen molar-refractivity contribution in [2.45, 2.75) is 31.8 Å². The molecule has 0 saturated heterocycles. The number of nitrogens with zero attached hydrogens (tertiary/aromatic N) is 1. The maximum atomic E-state index is 13.0. The Hall–Kier alpha value is -3.28. The van der Waals surface area contributed by atoms with E-state index in [9.17, 15) is 9.59 Å². The number of unbranched alkanes of at least 4 members (excludes halogenated alkanes) is 2. The molecule has 0 bridgehead atoms. The SMILES string of the molecule is C=CCCCCN(C)C(=O)C(CNC(=O)O)c1ccc(OCc2ccccc2)cc1. The molecule has 0 aliphatic heterocycles. The third-order valence-electron chi connectivity index (χ3n) is 4.81. The first-order chi connectivity index (χ1) is 14.5. The molecule has 0 fully saturated rings. The molecule has 0 spiro atoms. The van der Waals surface area contributed by atoms with Crippen LogP contribution in [0.4, 0.5) is 4.79 Å². The lowest BCUT2D eigenvalue weighted by molar-refractivity contribution is -0.131. The van der Waals surface area contributed by atoms with Gasteiger partial charge in [0.2, 0.25) is 5.91 Å². The number of carboxylic acid groups (broad SMARTS) is 1. The van der Waals surface area contributed by atoms with Crippen LogP contribution in [0.5, 0.6) is 5.75 Å². The monoisotopic (exact) mass is 410 g/mol. The largest absolute Gasteiger partial charge is 0.489 e. The number of carbonyl (C=O) groups is 2. The van der Waals surface area contributed by atoms with Crippen molar-refractivity contribution in [2.24, 2.45) is 0 Å². The van der Waals surface area contributed by atoms with E-state index in [2.05, 4.69) is 11.9 Å². The summed E-state index contributed by atoms with van der Waals surface area (Å²) in [6.07, 6.45) is 3.47. The summed E-state index contributed by atoms with van der Waals surface area (Å²) in [6, 6.07) is 17.1. The second-order valence-corrected chi connectivity index (χ2v) is 7.13. The second-order valence-electron chi connectivity index (χ2n) is 7.13. The molecule has 0 aliphatic carbocycles. The third-order valence-corrected chi connectivity index (χ3v) is 4.81. The van der Waals surface area contributed by atoms with Crippen molar-refractivity contribution in [2.75, 3.05) is 20.1 Å². The van der Waals surface area contributed by atoms with Gasteiger partial charge in [-0.3, -0.25) is 4.79 Å². The van der Waals surface area contributed by atoms with Gasteiger partial charge in [0, 0.05) is 20.1 Å². The number of ether oxygens (including phenoxy) is 1. The van der Waals surface area contributed by atoms with E-state index in [1.165, 1.54) is 0 Å². The molecule has 2 aromatic rings. The van der Waals surface area contributed by atoms with Crippen molar-refractivity contribution in [3.05, 3.63) is 78.4 Å². The normalized spacial score (nSPS) is 11.4. The molecule has 2 amide bonds. The zero-order valence-corrected chi connectivity index (χ0v) is 17.4. The van der Waals surface area contributed by atoms with Crippen molar-refractivity contribution in [1.29, 1.82) is 0 Å². The van der Waals surface area contributed by atoms with Gasteiger partial charge in [0.15, 0.2) is 0 Å². The highest BCUT2D eigenvalue weighted by atomic mass is 16.5. The third kappa shape index (κ3) is 7.62. The van der Waals surface area contributed by atoms with E-state index in [0.29, 0.717) is 18.9 Å². The molecule has 0 aromatic heterocycles. The van der Waals surface area contributed by atoms with E-state index in [1.807, 2.05) is 60.7 Å². The van der Waals surface area contributed by atoms with E-state index in [4.69, 9.17) is 9.84 Å². The Morgan fingerprint density at radius 1 is 1.13 bits per heavy atom. The first-order valence-corrected chi connectivity index (χ1v) is 10.1. The molecular formula is C24H30N2O4. The zero-order chi connectivity index (χ0) is 21.8. The fourth-order valence-electron chi connectivity index (χ4n) is 3.09. The maximum absolute atomic E-state index is 13.0. The summed E-state index contributed by atoms with van der Waals surface area (Å²) in [5, 5.41) is 11.3. The summed E-state index contributed by atoms with van der Waals surface area (Å²) >= 11 is 0.